The molecular weight excluding hydrogens is 916 g/mol. The highest BCUT2D eigenvalue weighted by Gasteiger charge is 2.30. The number of carbonyl (C=O) groups is 2. The summed E-state index contributed by atoms with van der Waals surface area (Å²) in [5.41, 5.74) is 0. The molecule has 0 radical (unpaired) electrons. The first kappa shape index (κ1) is 70.2. The van der Waals surface area contributed by atoms with Gasteiger partial charge in [-0.05, 0) is 63.9 Å². The van der Waals surface area contributed by atoms with Gasteiger partial charge in [-0.2, -0.15) is 0 Å². The molecule has 0 heterocycles. The highest BCUT2D eigenvalue weighted by atomic mass is 31.2. The second-order valence-electron chi connectivity index (χ2n) is 22.2. The first-order valence-corrected chi connectivity index (χ1v) is 32.3. The molecule has 0 aliphatic carbocycles. The third-order valence-electron chi connectivity index (χ3n) is 13.8. The van der Waals surface area contributed by atoms with E-state index in [0.29, 0.717) is 17.4 Å². The molecule has 0 aromatic heterocycles. The molecule has 424 valence electrons. The van der Waals surface area contributed by atoms with Crippen LogP contribution in [0.5, 0.6) is 0 Å². The molecule has 0 spiro atoms. The number of hydrogen-bond acceptors (Lipinski definition) is 6. The van der Waals surface area contributed by atoms with Gasteiger partial charge in [0.15, 0.2) is 0 Å². The average molecular weight is 1040 g/mol. The molecule has 3 unspecified atom stereocenters. The zero-order valence-electron chi connectivity index (χ0n) is 48.4. The second-order valence-corrected chi connectivity index (χ2v) is 23.7. The Hall–Kier alpha value is -1.77. The number of unbranched alkanes of at least 4 members (excludes halogenated alkanes) is 36. The van der Waals surface area contributed by atoms with E-state index in [4.69, 9.17) is 13.8 Å². The van der Waals surface area contributed by atoms with Crippen molar-refractivity contribution in [3.63, 3.8) is 0 Å². The van der Waals surface area contributed by atoms with Gasteiger partial charge in [-0.25, -0.2) is 4.57 Å². The van der Waals surface area contributed by atoms with Gasteiger partial charge in [0.1, 0.15) is 19.3 Å². The highest BCUT2D eigenvalue weighted by Crippen LogP contribution is 2.43. The number of esters is 1. The summed E-state index contributed by atoms with van der Waals surface area (Å²) in [7, 11) is 1.50. The van der Waals surface area contributed by atoms with E-state index in [1.807, 2.05) is 33.3 Å². The zero-order chi connectivity index (χ0) is 52.9. The number of phosphoric ester groups is 1. The summed E-state index contributed by atoms with van der Waals surface area (Å²) >= 11 is 0. The van der Waals surface area contributed by atoms with Crippen LogP contribution in [0.3, 0.4) is 0 Å². The Morgan fingerprint density at radius 1 is 0.486 bits per heavy atom. The molecule has 0 aliphatic rings. The van der Waals surface area contributed by atoms with Gasteiger partial charge in [0, 0.05) is 12.8 Å². The maximum atomic E-state index is 13.5. The molecule has 1 amide bonds. The number of quaternary nitrogens is 1. The van der Waals surface area contributed by atoms with E-state index >= 15 is 0 Å². The summed E-state index contributed by atoms with van der Waals surface area (Å²) in [6.45, 7) is 7.02. The van der Waals surface area contributed by atoms with Crippen LogP contribution in [-0.4, -0.2) is 74.3 Å². The minimum atomic E-state index is -4.44. The third-order valence-corrected chi connectivity index (χ3v) is 14.8. The van der Waals surface area contributed by atoms with Crippen molar-refractivity contribution in [3.05, 3.63) is 36.5 Å². The number of allylic oxidation sites excluding steroid dienone is 5. The van der Waals surface area contributed by atoms with E-state index in [1.54, 1.807) is 0 Å². The van der Waals surface area contributed by atoms with Crippen LogP contribution in [0.1, 0.15) is 297 Å². The summed E-state index contributed by atoms with van der Waals surface area (Å²) in [5, 5.41) is 3.06. The van der Waals surface area contributed by atoms with Crippen molar-refractivity contribution in [2.75, 3.05) is 40.9 Å². The number of hydrogen-bond donors (Lipinski definition) is 2. The standard InChI is InChI=1S/C62H119N2O7P/c1-7-10-13-16-19-22-25-28-30-32-34-37-40-43-46-49-52-55-62(66)71-60(53-50-47-44-41-38-35-27-24-21-18-15-12-9-3)59(58-70-72(67,68)69-57-56-64(4,5)6)63-61(65)54-51-48-45-42-39-36-33-31-29-26-23-20-17-14-11-8-2/h19,22,28,30,50,53,59-60H,7-18,20-21,23-27,29,31-49,51-52,54-58H2,1-6H3,(H-,63,65,67,68)/p+1/b22-19-,30-28-,53-50+. The number of phosphoric acid groups is 1. The summed E-state index contributed by atoms with van der Waals surface area (Å²) in [4.78, 5) is 37.7. The van der Waals surface area contributed by atoms with Crippen molar-refractivity contribution in [2.45, 2.75) is 309 Å². The minimum Gasteiger partial charge on any atom is -0.456 e. The molecule has 0 fully saturated rings. The highest BCUT2D eigenvalue weighted by molar-refractivity contribution is 7.47. The monoisotopic (exact) mass is 1040 g/mol. The normalized spacial score (nSPS) is 13.9. The van der Waals surface area contributed by atoms with E-state index in [2.05, 4.69) is 50.4 Å². The van der Waals surface area contributed by atoms with Gasteiger partial charge in [0.05, 0.1) is 33.8 Å². The largest absolute Gasteiger partial charge is 0.472 e. The number of amides is 1. The van der Waals surface area contributed by atoms with E-state index in [0.717, 1.165) is 77.0 Å². The number of nitrogens with zero attached hydrogens (tertiary/aromatic N) is 1. The Kier molecular flexibility index (Phi) is 51.4. The van der Waals surface area contributed by atoms with Crippen LogP contribution >= 0.6 is 7.82 Å². The molecular formula is C62H120N2O7P+. The van der Waals surface area contributed by atoms with Gasteiger partial charge in [-0.1, -0.05) is 257 Å². The SMILES string of the molecule is CCCCC/C=C\C/C=C\CCCCCCCCCC(=O)OC(/C=C/CCCCCCCCCCCCC)C(COP(=O)(O)OCC[N+](C)(C)C)NC(=O)CCCCCCCCCCCCCCCCCC. The molecule has 0 bridgehead atoms. The van der Waals surface area contributed by atoms with Crippen LogP contribution in [0.4, 0.5) is 0 Å². The lowest BCUT2D eigenvalue weighted by atomic mass is 10.0. The van der Waals surface area contributed by atoms with Crippen molar-refractivity contribution >= 4 is 19.7 Å². The Morgan fingerprint density at radius 3 is 1.28 bits per heavy atom. The fraction of sp³-hybridized carbons (Fsp3) is 0.871. The van der Waals surface area contributed by atoms with Crippen molar-refractivity contribution < 1.29 is 37.3 Å². The average Bonchev–Trinajstić information content (AvgIpc) is 3.34. The summed E-state index contributed by atoms with van der Waals surface area (Å²) in [6.07, 6.45) is 62.7. The molecule has 0 saturated carbocycles. The Labute approximate surface area is 446 Å². The van der Waals surface area contributed by atoms with Gasteiger partial charge in [-0.15, -0.1) is 0 Å². The predicted molar refractivity (Wildman–Crippen MR) is 309 cm³/mol. The Balaban J connectivity index is 5.30. The molecule has 2 N–H and O–H groups in total. The minimum absolute atomic E-state index is 0.0412. The first-order valence-electron chi connectivity index (χ1n) is 30.8. The Morgan fingerprint density at radius 2 is 0.847 bits per heavy atom. The van der Waals surface area contributed by atoms with Gasteiger partial charge >= 0.3 is 13.8 Å². The van der Waals surface area contributed by atoms with Crippen LogP contribution in [0.2, 0.25) is 0 Å². The fourth-order valence-corrected chi connectivity index (χ4v) is 9.77. The molecule has 0 aromatic rings. The molecule has 0 aliphatic heterocycles. The van der Waals surface area contributed by atoms with Gasteiger partial charge in [0.25, 0.3) is 0 Å². The topological polar surface area (TPSA) is 111 Å². The van der Waals surface area contributed by atoms with Gasteiger partial charge < -0.3 is 19.4 Å². The summed E-state index contributed by atoms with van der Waals surface area (Å²) in [6, 6.07) is -0.847. The molecule has 10 heteroatoms. The third kappa shape index (κ3) is 53.1. The van der Waals surface area contributed by atoms with Crippen LogP contribution in [0, 0.1) is 0 Å². The van der Waals surface area contributed by atoms with Gasteiger partial charge in [-0.3, -0.25) is 18.6 Å². The smallest absolute Gasteiger partial charge is 0.456 e. The first-order chi connectivity index (χ1) is 34.9. The fourth-order valence-electron chi connectivity index (χ4n) is 9.03. The van der Waals surface area contributed by atoms with Crippen molar-refractivity contribution in [1.82, 2.24) is 5.32 Å². The predicted octanol–water partition coefficient (Wildman–Crippen LogP) is 18.7. The van der Waals surface area contributed by atoms with Gasteiger partial charge in [0.2, 0.25) is 5.91 Å². The summed E-state index contributed by atoms with van der Waals surface area (Å²) in [5.74, 6) is -0.501. The lowest BCUT2D eigenvalue weighted by Crippen LogP contribution is -2.47. The van der Waals surface area contributed by atoms with E-state index in [9.17, 15) is 19.0 Å². The van der Waals surface area contributed by atoms with Crippen LogP contribution in [0.15, 0.2) is 36.5 Å². The maximum Gasteiger partial charge on any atom is 0.472 e. The van der Waals surface area contributed by atoms with E-state index in [1.165, 1.54) is 186 Å². The van der Waals surface area contributed by atoms with Crippen LogP contribution in [0.25, 0.3) is 0 Å². The lowest BCUT2D eigenvalue weighted by molar-refractivity contribution is -0.870. The lowest BCUT2D eigenvalue weighted by Gasteiger charge is -2.27. The Bertz CT molecular complexity index is 1330. The maximum absolute atomic E-state index is 13.5. The van der Waals surface area contributed by atoms with E-state index < -0.39 is 20.0 Å². The number of nitrogens with one attached hydrogen (secondary N) is 1. The zero-order valence-corrected chi connectivity index (χ0v) is 49.3. The number of rotatable bonds is 56. The van der Waals surface area contributed by atoms with E-state index in [-0.39, 0.29) is 31.5 Å². The molecule has 3 atom stereocenters. The number of ether oxygens (including phenoxy) is 1. The van der Waals surface area contributed by atoms with Crippen LogP contribution in [-0.2, 0) is 27.9 Å². The molecule has 0 aromatic carbocycles. The molecule has 0 rings (SSSR count). The number of carbonyl (C=O) groups excluding carboxylic acids is 2. The molecule has 0 saturated heterocycles. The van der Waals surface area contributed by atoms with Crippen molar-refractivity contribution in [3.8, 4) is 0 Å². The number of likely N-dealkylation sites (N-methyl/N-ethyl adjacent to an activating group) is 1. The molecule has 9 nitrogen and oxygen atoms in total. The quantitative estimate of drug-likeness (QED) is 0.0205. The van der Waals surface area contributed by atoms with Crippen molar-refractivity contribution in [2.24, 2.45) is 0 Å². The van der Waals surface area contributed by atoms with Crippen molar-refractivity contribution in [1.29, 1.82) is 0 Å². The second kappa shape index (κ2) is 52.7. The van der Waals surface area contributed by atoms with Crippen LogP contribution < -0.4 is 5.32 Å². The molecule has 72 heavy (non-hydrogen) atoms. The summed E-state index contributed by atoms with van der Waals surface area (Å²) < 4.78 is 30.7.